The number of hydrogen-bond donors (Lipinski definition) is 1. The van der Waals surface area contributed by atoms with E-state index in [2.05, 4.69) is 0 Å². The van der Waals surface area contributed by atoms with Crippen molar-refractivity contribution in [1.29, 1.82) is 0 Å². The van der Waals surface area contributed by atoms with E-state index >= 15 is 0 Å². The van der Waals surface area contributed by atoms with Crippen LogP contribution in [0.4, 0.5) is 5.69 Å². The van der Waals surface area contributed by atoms with E-state index in [1.54, 1.807) is 6.07 Å². The number of amides is 1. The Morgan fingerprint density at radius 3 is 2.38 bits per heavy atom. The summed E-state index contributed by atoms with van der Waals surface area (Å²) in [7, 11) is -3.61. The van der Waals surface area contributed by atoms with E-state index in [1.165, 1.54) is 28.6 Å². The van der Waals surface area contributed by atoms with Crippen LogP contribution in [0, 0.1) is 0 Å². The number of primary amides is 1. The Hall–Kier alpha value is -2.34. The molecule has 0 atom stereocenters. The SMILES string of the molecule is NC(=O)c1ccc(S(=O)(=O)N2CCc3ccccc32)cc1. The number of carbonyl (C=O) groups is 1. The lowest BCUT2D eigenvalue weighted by Crippen LogP contribution is -2.29. The Labute approximate surface area is 123 Å². The predicted molar refractivity (Wildman–Crippen MR) is 79.6 cm³/mol. The number of carbonyl (C=O) groups excluding carboxylic acids is 1. The molecule has 0 saturated heterocycles. The third-order valence-electron chi connectivity index (χ3n) is 3.57. The molecule has 2 N–H and O–H groups in total. The van der Waals surface area contributed by atoms with Crippen molar-refractivity contribution in [2.24, 2.45) is 5.73 Å². The second-order valence-electron chi connectivity index (χ2n) is 4.84. The molecule has 0 aromatic heterocycles. The van der Waals surface area contributed by atoms with Gasteiger partial charge in [-0.2, -0.15) is 0 Å². The highest BCUT2D eigenvalue weighted by atomic mass is 32.2. The summed E-state index contributed by atoms with van der Waals surface area (Å²) in [5.41, 5.74) is 7.19. The summed E-state index contributed by atoms with van der Waals surface area (Å²) in [6.07, 6.45) is 0.703. The van der Waals surface area contributed by atoms with Crippen LogP contribution in [0.25, 0.3) is 0 Å². The standard InChI is InChI=1S/C15H14N2O3S/c16-15(18)12-5-7-13(8-6-12)21(19,20)17-10-9-11-3-1-2-4-14(11)17/h1-8H,9-10H2,(H2,16,18). The molecule has 1 aliphatic heterocycles. The molecule has 1 aliphatic rings. The fourth-order valence-corrected chi connectivity index (χ4v) is 3.98. The Bertz CT molecular complexity index is 798. The minimum atomic E-state index is -3.61. The number of rotatable bonds is 3. The van der Waals surface area contributed by atoms with Crippen molar-refractivity contribution in [3.05, 3.63) is 59.7 Å². The van der Waals surface area contributed by atoms with Crippen molar-refractivity contribution in [2.45, 2.75) is 11.3 Å². The minimum absolute atomic E-state index is 0.157. The first-order chi connectivity index (χ1) is 10.00. The average Bonchev–Trinajstić information content (AvgIpc) is 2.92. The fourth-order valence-electron chi connectivity index (χ4n) is 2.48. The van der Waals surface area contributed by atoms with Crippen LogP contribution in [0.3, 0.4) is 0 Å². The van der Waals surface area contributed by atoms with Gasteiger partial charge < -0.3 is 5.73 Å². The first-order valence-electron chi connectivity index (χ1n) is 6.50. The predicted octanol–water partition coefficient (Wildman–Crippen LogP) is 1.54. The average molecular weight is 302 g/mol. The number of hydrogen-bond acceptors (Lipinski definition) is 3. The van der Waals surface area contributed by atoms with E-state index < -0.39 is 15.9 Å². The van der Waals surface area contributed by atoms with Crippen LogP contribution < -0.4 is 10.0 Å². The molecule has 0 bridgehead atoms. The monoisotopic (exact) mass is 302 g/mol. The third-order valence-corrected chi connectivity index (χ3v) is 5.40. The van der Waals surface area contributed by atoms with Crippen LogP contribution in [-0.2, 0) is 16.4 Å². The number of nitrogens with two attached hydrogens (primary N) is 1. The highest BCUT2D eigenvalue weighted by molar-refractivity contribution is 7.92. The second-order valence-corrected chi connectivity index (χ2v) is 6.71. The van der Waals surface area contributed by atoms with Crippen molar-refractivity contribution in [3.8, 4) is 0 Å². The van der Waals surface area contributed by atoms with Crippen molar-refractivity contribution in [3.63, 3.8) is 0 Å². The Kier molecular flexibility index (Phi) is 3.17. The molecule has 0 unspecified atom stereocenters. The molecule has 3 rings (SSSR count). The van der Waals surface area contributed by atoms with Crippen LogP contribution in [0.15, 0.2) is 53.4 Å². The van der Waals surface area contributed by atoms with Gasteiger partial charge in [0.25, 0.3) is 10.0 Å². The summed E-state index contributed by atoms with van der Waals surface area (Å²) >= 11 is 0. The van der Waals surface area contributed by atoms with Gasteiger partial charge in [0.1, 0.15) is 0 Å². The molecule has 0 saturated carbocycles. The maximum atomic E-state index is 12.7. The Balaban J connectivity index is 2.00. The largest absolute Gasteiger partial charge is 0.366 e. The van der Waals surface area contributed by atoms with Crippen molar-refractivity contribution >= 4 is 21.6 Å². The topological polar surface area (TPSA) is 80.5 Å². The van der Waals surface area contributed by atoms with Gasteiger partial charge in [-0.15, -0.1) is 0 Å². The van der Waals surface area contributed by atoms with Crippen LogP contribution >= 0.6 is 0 Å². The van der Waals surface area contributed by atoms with Crippen LogP contribution in [0.5, 0.6) is 0 Å². The maximum absolute atomic E-state index is 12.7. The van der Waals surface area contributed by atoms with E-state index in [1.807, 2.05) is 18.2 Å². The van der Waals surface area contributed by atoms with Crippen molar-refractivity contribution < 1.29 is 13.2 Å². The van der Waals surface area contributed by atoms with Gasteiger partial charge in [0.05, 0.1) is 10.6 Å². The van der Waals surface area contributed by atoms with E-state index in [9.17, 15) is 13.2 Å². The quantitative estimate of drug-likeness (QED) is 0.933. The first-order valence-corrected chi connectivity index (χ1v) is 7.94. The number of benzene rings is 2. The van der Waals surface area contributed by atoms with Gasteiger partial charge in [-0.25, -0.2) is 8.42 Å². The smallest absolute Gasteiger partial charge is 0.264 e. The summed E-state index contributed by atoms with van der Waals surface area (Å²) in [4.78, 5) is 11.2. The molecule has 21 heavy (non-hydrogen) atoms. The van der Waals surface area contributed by atoms with Crippen molar-refractivity contribution in [1.82, 2.24) is 0 Å². The molecule has 0 aliphatic carbocycles. The highest BCUT2D eigenvalue weighted by Gasteiger charge is 2.30. The summed E-state index contributed by atoms with van der Waals surface area (Å²) in [5.74, 6) is -0.578. The van der Waals surface area contributed by atoms with Crippen LogP contribution in [0.1, 0.15) is 15.9 Å². The molecule has 2 aromatic rings. The van der Waals surface area contributed by atoms with Gasteiger partial charge in [-0.1, -0.05) is 18.2 Å². The van der Waals surface area contributed by atoms with Gasteiger partial charge in [0.15, 0.2) is 0 Å². The Morgan fingerprint density at radius 2 is 1.71 bits per heavy atom. The zero-order valence-corrected chi connectivity index (χ0v) is 12.0. The molecule has 0 fully saturated rings. The van der Waals surface area contributed by atoms with Gasteiger partial charge in [-0.05, 0) is 42.3 Å². The van der Waals surface area contributed by atoms with Gasteiger partial charge >= 0.3 is 0 Å². The molecular weight excluding hydrogens is 288 g/mol. The molecule has 1 amide bonds. The summed E-state index contributed by atoms with van der Waals surface area (Å²) in [6.45, 7) is 0.430. The number of sulfonamides is 1. The molecule has 0 radical (unpaired) electrons. The second kappa shape index (κ2) is 4.89. The molecular formula is C15H14N2O3S. The molecule has 108 valence electrons. The summed E-state index contributed by atoms with van der Waals surface area (Å²) in [5, 5.41) is 0. The van der Waals surface area contributed by atoms with E-state index in [-0.39, 0.29) is 10.5 Å². The maximum Gasteiger partial charge on any atom is 0.264 e. The zero-order valence-electron chi connectivity index (χ0n) is 11.2. The van der Waals surface area contributed by atoms with Crippen LogP contribution in [0.2, 0.25) is 0 Å². The van der Waals surface area contributed by atoms with E-state index in [4.69, 9.17) is 5.73 Å². The van der Waals surface area contributed by atoms with Gasteiger partial charge in [0, 0.05) is 12.1 Å². The van der Waals surface area contributed by atoms with Crippen molar-refractivity contribution in [2.75, 3.05) is 10.8 Å². The lowest BCUT2D eigenvalue weighted by Gasteiger charge is -2.19. The summed E-state index contributed by atoms with van der Waals surface area (Å²) in [6, 6.07) is 13.1. The number of para-hydroxylation sites is 1. The molecule has 5 nitrogen and oxygen atoms in total. The first kappa shape index (κ1) is 13.6. The van der Waals surface area contributed by atoms with Gasteiger partial charge in [-0.3, -0.25) is 9.10 Å². The Morgan fingerprint density at radius 1 is 1.05 bits per heavy atom. The van der Waals surface area contributed by atoms with Crippen LogP contribution in [-0.4, -0.2) is 20.9 Å². The minimum Gasteiger partial charge on any atom is -0.366 e. The lowest BCUT2D eigenvalue weighted by molar-refractivity contribution is 0.1000. The molecule has 0 spiro atoms. The highest BCUT2D eigenvalue weighted by Crippen LogP contribution is 2.32. The summed E-state index contributed by atoms with van der Waals surface area (Å²) < 4.78 is 26.8. The number of nitrogens with zero attached hydrogens (tertiary/aromatic N) is 1. The van der Waals surface area contributed by atoms with E-state index in [0.29, 0.717) is 13.0 Å². The zero-order chi connectivity index (χ0) is 15.0. The molecule has 1 heterocycles. The normalized spacial score (nSPS) is 14.0. The fraction of sp³-hybridized carbons (Fsp3) is 0.133. The lowest BCUT2D eigenvalue weighted by atomic mass is 10.2. The molecule has 2 aromatic carbocycles. The van der Waals surface area contributed by atoms with E-state index in [0.717, 1.165) is 11.3 Å². The molecule has 6 heteroatoms. The number of anilines is 1. The third kappa shape index (κ3) is 2.27. The van der Waals surface area contributed by atoms with Gasteiger partial charge in [0.2, 0.25) is 5.91 Å². The number of fused-ring (bicyclic) bond motifs is 1.